The van der Waals surface area contributed by atoms with Gasteiger partial charge in [-0.25, -0.2) is 0 Å². The molecular formula is C13H16N2. The van der Waals surface area contributed by atoms with Crippen molar-refractivity contribution in [2.24, 2.45) is 0 Å². The molecular weight excluding hydrogens is 184 g/mol. The second-order valence-electron chi connectivity index (χ2n) is 3.55. The van der Waals surface area contributed by atoms with Crippen molar-refractivity contribution in [1.29, 1.82) is 0 Å². The third-order valence-electron chi connectivity index (χ3n) is 2.75. The van der Waals surface area contributed by atoms with E-state index >= 15 is 0 Å². The maximum absolute atomic E-state index is 4.29. The molecule has 0 unspecified atom stereocenters. The summed E-state index contributed by atoms with van der Waals surface area (Å²) in [6, 6.07) is 8.39. The van der Waals surface area contributed by atoms with Gasteiger partial charge in [-0.3, -0.25) is 4.98 Å². The lowest BCUT2D eigenvalue weighted by Gasteiger charge is -2.22. The molecule has 0 aliphatic carbocycles. The Morgan fingerprint density at radius 1 is 1.07 bits per heavy atom. The summed E-state index contributed by atoms with van der Waals surface area (Å²) in [5.41, 5.74) is 1.23. The van der Waals surface area contributed by atoms with Gasteiger partial charge in [0.2, 0.25) is 0 Å². The van der Waals surface area contributed by atoms with Gasteiger partial charge in [0.1, 0.15) is 0 Å². The fourth-order valence-electron chi connectivity index (χ4n) is 1.92. The van der Waals surface area contributed by atoms with Gasteiger partial charge in [-0.2, -0.15) is 0 Å². The molecule has 0 bridgehead atoms. The van der Waals surface area contributed by atoms with Crippen molar-refractivity contribution < 1.29 is 0 Å². The molecule has 2 nitrogen and oxygen atoms in total. The molecule has 0 aliphatic rings. The number of fused-ring (bicyclic) bond motifs is 1. The lowest BCUT2D eigenvalue weighted by molar-refractivity contribution is 0.867. The normalized spacial score (nSPS) is 10.5. The second-order valence-corrected chi connectivity index (χ2v) is 3.55. The monoisotopic (exact) mass is 200 g/mol. The number of nitrogens with zero attached hydrogens (tertiary/aromatic N) is 2. The minimum atomic E-state index is 1.02. The SMILES string of the molecule is CCN(CC)c1cncc2ccccc12. The molecule has 0 fully saturated rings. The molecule has 1 aromatic carbocycles. The Morgan fingerprint density at radius 2 is 1.80 bits per heavy atom. The average molecular weight is 200 g/mol. The van der Waals surface area contributed by atoms with E-state index < -0.39 is 0 Å². The van der Waals surface area contributed by atoms with Crippen molar-refractivity contribution >= 4 is 16.5 Å². The zero-order chi connectivity index (χ0) is 10.7. The van der Waals surface area contributed by atoms with Crippen LogP contribution in [0.25, 0.3) is 10.8 Å². The van der Waals surface area contributed by atoms with Gasteiger partial charge in [-0.05, 0) is 13.8 Å². The first-order valence-corrected chi connectivity index (χ1v) is 5.44. The summed E-state index contributed by atoms with van der Waals surface area (Å²) in [4.78, 5) is 6.62. The number of rotatable bonds is 3. The highest BCUT2D eigenvalue weighted by atomic mass is 15.1. The topological polar surface area (TPSA) is 16.1 Å². The molecule has 0 radical (unpaired) electrons. The lowest BCUT2D eigenvalue weighted by Crippen LogP contribution is -2.22. The third kappa shape index (κ3) is 1.80. The molecule has 0 saturated heterocycles. The second kappa shape index (κ2) is 4.30. The zero-order valence-corrected chi connectivity index (χ0v) is 9.27. The summed E-state index contributed by atoms with van der Waals surface area (Å²) in [6.45, 7) is 6.38. The van der Waals surface area contributed by atoms with Crippen LogP contribution in [0.1, 0.15) is 13.8 Å². The lowest BCUT2D eigenvalue weighted by atomic mass is 10.1. The van der Waals surface area contributed by atoms with E-state index in [4.69, 9.17) is 0 Å². The largest absolute Gasteiger partial charge is 0.370 e. The molecule has 2 aromatic rings. The van der Waals surface area contributed by atoms with Crippen molar-refractivity contribution in [3.8, 4) is 0 Å². The Kier molecular flexibility index (Phi) is 2.86. The molecule has 0 amide bonds. The molecule has 0 spiro atoms. The zero-order valence-electron chi connectivity index (χ0n) is 9.27. The summed E-state index contributed by atoms with van der Waals surface area (Å²) in [6.07, 6.45) is 3.87. The Balaban J connectivity index is 2.59. The van der Waals surface area contributed by atoms with Crippen LogP contribution in [0.3, 0.4) is 0 Å². The number of hydrogen-bond acceptors (Lipinski definition) is 2. The fourth-order valence-corrected chi connectivity index (χ4v) is 1.92. The van der Waals surface area contributed by atoms with Crippen LogP contribution in [0, 0.1) is 0 Å². The van der Waals surface area contributed by atoms with Gasteiger partial charge in [0.25, 0.3) is 0 Å². The van der Waals surface area contributed by atoms with E-state index in [-0.39, 0.29) is 0 Å². The van der Waals surface area contributed by atoms with Gasteiger partial charge >= 0.3 is 0 Å². The maximum atomic E-state index is 4.29. The van der Waals surface area contributed by atoms with Gasteiger partial charge < -0.3 is 4.90 Å². The molecule has 2 rings (SSSR count). The number of pyridine rings is 1. The van der Waals surface area contributed by atoms with Crippen LogP contribution in [-0.4, -0.2) is 18.1 Å². The van der Waals surface area contributed by atoms with Crippen molar-refractivity contribution in [3.63, 3.8) is 0 Å². The van der Waals surface area contributed by atoms with Crippen LogP contribution in [0.15, 0.2) is 36.7 Å². The van der Waals surface area contributed by atoms with E-state index in [0.29, 0.717) is 0 Å². The molecule has 2 heteroatoms. The Hall–Kier alpha value is -1.57. The Bertz CT molecular complexity index is 442. The number of aromatic nitrogens is 1. The molecule has 78 valence electrons. The van der Waals surface area contributed by atoms with Gasteiger partial charge in [-0.15, -0.1) is 0 Å². The van der Waals surface area contributed by atoms with Gasteiger partial charge in [0, 0.05) is 30.1 Å². The summed E-state index contributed by atoms with van der Waals surface area (Å²) < 4.78 is 0. The third-order valence-corrected chi connectivity index (χ3v) is 2.75. The van der Waals surface area contributed by atoms with Crippen LogP contribution in [0.5, 0.6) is 0 Å². The van der Waals surface area contributed by atoms with Gasteiger partial charge in [-0.1, -0.05) is 24.3 Å². The predicted octanol–water partition coefficient (Wildman–Crippen LogP) is 3.08. The quantitative estimate of drug-likeness (QED) is 0.757. The highest BCUT2D eigenvalue weighted by Crippen LogP contribution is 2.24. The van der Waals surface area contributed by atoms with Crippen LogP contribution < -0.4 is 4.90 Å². The smallest absolute Gasteiger partial charge is 0.0632 e. The van der Waals surface area contributed by atoms with Crippen LogP contribution in [0.2, 0.25) is 0 Å². The minimum absolute atomic E-state index is 1.02. The highest BCUT2D eigenvalue weighted by molar-refractivity contribution is 5.93. The van der Waals surface area contributed by atoms with Crippen LogP contribution in [0.4, 0.5) is 5.69 Å². The summed E-state index contributed by atoms with van der Waals surface area (Å²) in [5.74, 6) is 0. The molecule has 1 aromatic heterocycles. The Labute approximate surface area is 90.6 Å². The Morgan fingerprint density at radius 3 is 2.53 bits per heavy atom. The van der Waals surface area contributed by atoms with Crippen molar-refractivity contribution in [1.82, 2.24) is 4.98 Å². The number of hydrogen-bond donors (Lipinski definition) is 0. The predicted molar refractivity (Wildman–Crippen MR) is 65.3 cm³/mol. The first-order valence-electron chi connectivity index (χ1n) is 5.44. The highest BCUT2D eigenvalue weighted by Gasteiger charge is 2.05. The molecule has 0 atom stereocenters. The van der Waals surface area contributed by atoms with E-state index in [1.807, 2.05) is 12.4 Å². The number of anilines is 1. The first kappa shape index (κ1) is 9.97. The standard InChI is InChI=1S/C13H16N2/c1-3-15(4-2)13-10-14-9-11-7-5-6-8-12(11)13/h5-10H,3-4H2,1-2H3. The average Bonchev–Trinajstić information content (AvgIpc) is 2.31. The van der Waals surface area contributed by atoms with E-state index in [9.17, 15) is 0 Å². The maximum Gasteiger partial charge on any atom is 0.0632 e. The van der Waals surface area contributed by atoms with Crippen LogP contribution >= 0.6 is 0 Å². The minimum Gasteiger partial charge on any atom is -0.370 e. The van der Waals surface area contributed by atoms with E-state index in [0.717, 1.165) is 13.1 Å². The summed E-state index contributed by atoms with van der Waals surface area (Å²) >= 11 is 0. The summed E-state index contributed by atoms with van der Waals surface area (Å²) in [5, 5.41) is 2.50. The fraction of sp³-hybridized carbons (Fsp3) is 0.308. The van der Waals surface area contributed by atoms with Crippen LogP contribution in [-0.2, 0) is 0 Å². The molecule has 1 heterocycles. The molecule has 0 aliphatic heterocycles. The summed E-state index contributed by atoms with van der Waals surface area (Å²) in [7, 11) is 0. The van der Waals surface area contributed by atoms with Crippen molar-refractivity contribution in [2.45, 2.75) is 13.8 Å². The number of benzene rings is 1. The van der Waals surface area contributed by atoms with Gasteiger partial charge in [0.05, 0.1) is 11.9 Å². The van der Waals surface area contributed by atoms with E-state index in [1.165, 1.54) is 16.5 Å². The van der Waals surface area contributed by atoms with Crippen molar-refractivity contribution in [3.05, 3.63) is 36.7 Å². The first-order chi connectivity index (χ1) is 7.36. The molecule has 0 N–H and O–H groups in total. The van der Waals surface area contributed by atoms with E-state index in [1.54, 1.807) is 0 Å². The van der Waals surface area contributed by atoms with Crippen molar-refractivity contribution in [2.75, 3.05) is 18.0 Å². The molecule has 0 saturated carbocycles. The van der Waals surface area contributed by atoms with E-state index in [2.05, 4.69) is 48.0 Å². The van der Waals surface area contributed by atoms with Gasteiger partial charge in [0.15, 0.2) is 0 Å². The molecule has 15 heavy (non-hydrogen) atoms.